The van der Waals surface area contributed by atoms with Gasteiger partial charge >= 0.3 is 0 Å². The van der Waals surface area contributed by atoms with Crippen molar-refractivity contribution in [3.63, 3.8) is 0 Å². The number of azo groups is 1. The van der Waals surface area contributed by atoms with Crippen molar-refractivity contribution in [2.75, 3.05) is 11.1 Å². The number of phenolic OH excluding ortho intramolecular Hbond substituents is 1. The number of anilines is 3. The second-order valence-electron chi connectivity index (χ2n) is 7.20. The maximum atomic E-state index is 11.9. The second-order valence-corrected chi connectivity index (χ2v) is 10.7. The lowest BCUT2D eigenvalue weighted by atomic mass is 10.1. The number of hydrogen-bond acceptors (Lipinski definition) is 12. The van der Waals surface area contributed by atoms with E-state index in [2.05, 4.69) is 30.5 Å². The molecule has 1 heterocycles. The quantitative estimate of drug-likeness (QED) is 0.121. The number of nitrogen functional groups attached to an aromatic ring is 1. The molecule has 14 nitrogen and oxygen atoms in total. The smallest absolute Gasteiger partial charge is 0.296 e. The fourth-order valence-electron chi connectivity index (χ4n) is 3.18. The Balaban J connectivity index is 1.84. The number of hydrogen-bond donors (Lipinski definition) is 5. The van der Waals surface area contributed by atoms with Crippen LogP contribution in [0.1, 0.15) is 0 Å². The number of aromatic nitrogens is 3. The number of benzene rings is 3. The van der Waals surface area contributed by atoms with E-state index in [1.54, 1.807) is 0 Å². The number of aromatic hydroxyl groups is 1. The van der Waals surface area contributed by atoms with Crippen LogP contribution in [0.3, 0.4) is 0 Å². The van der Waals surface area contributed by atoms with E-state index >= 15 is 0 Å². The number of halogens is 2. The molecule has 0 radical (unpaired) electrons. The third-order valence-corrected chi connectivity index (χ3v) is 6.77. The maximum Gasteiger partial charge on any atom is 0.296 e. The molecule has 4 aromatic rings. The van der Waals surface area contributed by atoms with Crippen LogP contribution < -0.4 is 11.1 Å². The van der Waals surface area contributed by atoms with Crippen LogP contribution in [-0.2, 0) is 20.2 Å². The van der Waals surface area contributed by atoms with Gasteiger partial charge in [-0.2, -0.15) is 31.8 Å². The summed E-state index contributed by atoms with van der Waals surface area (Å²) in [5.41, 5.74) is 5.64. The summed E-state index contributed by atoms with van der Waals surface area (Å²) in [7, 11) is -9.39. The Bertz CT molecular complexity index is 1800. The van der Waals surface area contributed by atoms with Gasteiger partial charge in [0.15, 0.2) is 0 Å². The fraction of sp³-hybridized carbons (Fsp3) is 0. The van der Waals surface area contributed by atoms with Gasteiger partial charge in [-0.3, -0.25) is 9.11 Å². The van der Waals surface area contributed by atoms with Crippen molar-refractivity contribution in [1.82, 2.24) is 15.0 Å². The Morgan fingerprint density at radius 1 is 0.865 bits per heavy atom. The highest BCUT2D eigenvalue weighted by molar-refractivity contribution is 7.86. The summed E-state index contributed by atoms with van der Waals surface area (Å²) in [4.78, 5) is 10.1. The molecule has 0 amide bonds. The highest BCUT2D eigenvalue weighted by Gasteiger charge is 2.19. The predicted molar refractivity (Wildman–Crippen MR) is 133 cm³/mol. The first kappa shape index (κ1) is 26.4. The first-order valence-electron chi connectivity index (χ1n) is 9.62. The molecule has 0 aliphatic rings. The molecule has 0 spiro atoms. The Labute approximate surface area is 218 Å². The molecular weight excluding hydrogens is 573 g/mol. The van der Waals surface area contributed by atoms with Gasteiger partial charge in [-0.05, 0) is 58.9 Å². The van der Waals surface area contributed by atoms with Gasteiger partial charge in [0.05, 0.1) is 16.0 Å². The SMILES string of the molecule is Nc1ccc2cc(S(=O)(=O)O)cc(O)c2c1N=Nc1cc(Nc2nc(Cl)nc(Cl)n2)ccc1S(=O)(=O)O. The standard InChI is InChI=1S/C19H13Cl2N7O7S2/c20-17-24-18(21)26-19(25-17)23-9-2-4-14(37(33,34)35)12(6-9)27-28-16-11(22)3-1-8-5-10(36(30,31)32)7-13(29)15(8)16/h1-7,29H,22H2,(H,30,31,32)(H,33,34,35)(H,23,24,25,26). The zero-order chi connectivity index (χ0) is 27.1. The number of nitrogens with one attached hydrogen (secondary N) is 1. The monoisotopic (exact) mass is 585 g/mol. The third-order valence-electron chi connectivity index (χ3n) is 4.70. The Morgan fingerprint density at radius 2 is 1.54 bits per heavy atom. The second kappa shape index (κ2) is 9.66. The van der Waals surface area contributed by atoms with Gasteiger partial charge in [0, 0.05) is 11.8 Å². The first-order chi connectivity index (χ1) is 17.2. The van der Waals surface area contributed by atoms with Crippen molar-refractivity contribution in [3.05, 3.63) is 53.0 Å². The summed E-state index contributed by atoms with van der Waals surface area (Å²) in [6.45, 7) is 0. The molecule has 0 unspecified atom stereocenters. The van der Waals surface area contributed by atoms with E-state index in [1.807, 2.05) is 0 Å². The van der Waals surface area contributed by atoms with Crippen LogP contribution in [0.15, 0.2) is 62.5 Å². The van der Waals surface area contributed by atoms with Crippen molar-refractivity contribution < 1.29 is 31.0 Å². The normalized spacial score (nSPS) is 12.3. The van der Waals surface area contributed by atoms with Crippen LogP contribution in [0.5, 0.6) is 5.75 Å². The average Bonchev–Trinajstić information content (AvgIpc) is 2.76. The van der Waals surface area contributed by atoms with Gasteiger partial charge < -0.3 is 16.2 Å². The van der Waals surface area contributed by atoms with Gasteiger partial charge in [-0.1, -0.05) is 6.07 Å². The Hall–Kier alpha value is -3.67. The number of rotatable bonds is 6. The molecule has 3 aromatic carbocycles. The summed E-state index contributed by atoms with van der Waals surface area (Å²) in [5.74, 6) is -0.675. The van der Waals surface area contributed by atoms with Crippen molar-refractivity contribution in [2.45, 2.75) is 9.79 Å². The zero-order valence-electron chi connectivity index (χ0n) is 17.9. The van der Waals surface area contributed by atoms with Crippen LogP contribution >= 0.6 is 23.2 Å². The van der Waals surface area contributed by atoms with Crippen molar-refractivity contribution >= 4 is 82.9 Å². The molecular formula is C19H13Cl2N7O7S2. The summed E-state index contributed by atoms with van der Waals surface area (Å²) < 4.78 is 65.7. The Kier molecular flexibility index (Phi) is 6.89. The summed E-state index contributed by atoms with van der Waals surface area (Å²) >= 11 is 11.5. The zero-order valence-corrected chi connectivity index (χ0v) is 21.0. The Morgan fingerprint density at radius 3 is 2.16 bits per heavy atom. The number of nitrogens with zero attached hydrogens (tertiary/aromatic N) is 5. The van der Waals surface area contributed by atoms with Crippen LogP contribution in [0.4, 0.5) is 28.7 Å². The molecule has 0 aliphatic heterocycles. The fourth-order valence-corrected chi connectivity index (χ4v) is 4.68. The van der Waals surface area contributed by atoms with E-state index in [9.17, 15) is 31.0 Å². The summed E-state index contributed by atoms with van der Waals surface area (Å²) in [6.07, 6.45) is 0. The molecule has 4 rings (SSSR count). The molecule has 0 atom stereocenters. The highest BCUT2D eigenvalue weighted by atomic mass is 35.5. The topological polar surface area (TPSA) is 230 Å². The van der Waals surface area contributed by atoms with Gasteiger partial charge in [-0.15, -0.1) is 10.2 Å². The minimum Gasteiger partial charge on any atom is -0.507 e. The minimum atomic E-state index is -4.76. The van der Waals surface area contributed by atoms with Crippen molar-refractivity contribution in [2.24, 2.45) is 10.2 Å². The van der Waals surface area contributed by atoms with E-state index in [0.717, 1.165) is 18.2 Å². The minimum absolute atomic E-state index is 0.0108. The van der Waals surface area contributed by atoms with Crippen LogP contribution in [0.2, 0.25) is 10.6 Å². The van der Waals surface area contributed by atoms with Gasteiger partial charge in [0.1, 0.15) is 22.0 Å². The van der Waals surface area contributed by atoms with Crippen molar-refractivity contribution in [3.8, 4) is 5.75 Å². The molecule has 0 saturated heterocycles. The molecule has 192 valence electrons. The third kappa shape index (κ3) is 5.85. The molecule has 0 fully saturated rings. The average molecular weight is 586 g/mol. The van der Waals surface area contributed by atoms with E-state index in [0.29, 0.717) is 0 Å². The molecule has 6 N–H and O–H groups in total. The summed E-state index contributed by atoms with van der Waals surface area (Å²) in [5, 5.41) is 20.7. The van der Waals surface area contributed by atoms with Gasteiger partial charge in [-0.25, -0.2) is 0 Å². The van der Waals surface area contributed by atoms with E-state index < -0.39 is 35.8 Å². The lowest BCUT2D eigenvalue weighted by Crippen LogP contribution is -2.01. The summed E-state index contributed by atoms with van der Waals surface area (Å²) in [6, 6.07) is 8.03. The molecule has 0 aliphatic carbocycles. The van der Waals surface area contributed by atoms with Gasteiger partial charge in [0.2, 0.25) is 16.5 Å². The van der Waals surface area contributed by atoms with Crippen LogP contribution in [-0.4, -0.2) is 46.0 Å². The van der Waals surface area contributed by atoms with E-state index in [4.69, 9.17) is 28.9 Å². The van der Waals surface area contributed by atoms with Crippen molar-refractivity contribution in [1.29, 1.82) is 0 Å². The number of nitrogens with two attached hydrogens (primary N) is 1. The molecule has 0 bridgehead atoms. The van der Waals surface area contributed by atoms with Gasteiger partial charge in [0.25, 0.3) is 20.2 Å². The highest BCUT2D eigenvalue weighted by Crippen LogP contribution is 2.41. The predicted octanol–water partition coefficient (Wildman–Crippen LogP) is 4.27. The lowest BCUT2D eigenvalue weighted by molar-refractivity contribution is 0.471. The molecule has 0 saturated carbocycles. The van der Waals surface area contributed by atoms with Crippen LogP contribution in [0.25, 0.3) is 10.8 Å². The van der Waals surface area contributed by atoms with E-state index in [-0.39, 0.29) is 50.0 Å². The van der Waals surface area contributed by atoms with Crippen LogP contribution in [0, 0.1) is 0 Å². The largest absolute Gasteiger partial charge is 0.507 e. The maximum absolute atomic E-state index is 11.9. The molecule has 18 heteroatoms. The number of fused-ring (bicyclic) bond motifs is 1. The lowest BCUT2D eigenvalue weighted by Gasteiger charge is -2.10. The first-order valence-corrected chi connectivity index (χ1v) is 13.3. The number of phenols is 1. The molecule has 37 heavy (non-hydrogen) atoms. The molecule has 1 aromatic heterocycles. The van der Waals surface area contributed by atoms with E-state index in [1.165, 1.54) is 24.3 Å².